The number of esters is 1. The summed E-state index contributed by atoms with van der Waals surface area (Å²) in [4.78, 5) is 25.2. The van der Waals surface area contributed by atoms with Gasteiger partial charge in [0, 0.05) is 13.1 Å². The van der Waals surface area contributed by atoms with Crippen molar-refractivity contribution in [1.82, 2.24) is 29.3 Å². The van der Waals surface area contributed by atoms with Crippen molar-refractivity contribution < 1.29 is 43.0 Å². The molecule has 0 saturated carbocycles. The number of morpholine rings is 1. The second-order valence-electron chi connectivity index (χ2n) is 10.4. The van der Waals surface area contributed by atoms with Gasteiger partial charge in [-0.2, -0.15) is 9.97 Å². The molecule has 0 aliphatic carbocycles. The number of hydrogen-bond acceptors (Lipinski definition) is 13. The molecule has 3 aromatic rings. The van der Waals surface area contributed by atoms with Gasteiger partial charge in [0.25, 0.3) is 0 Å². The number of benzene rings is 1. The van der Waals surface area contributed by atoms with Crippen molar-refractivity contribution >= 4 is 30.8 Å². The van der Waals surface area contributed by atoms with E-state index in [0.29, 0.717) is 13.2 Å². The number of methoxy groups -OCH3 is 1. The summed E-state index contributed by atoms with van der Waals surface area (Å²) in [6, 6.07) is 8.18. The van der Waals surface area contributed by atoms with E-state index in [1.807, 2.05) is 30.3 Å². The van der Waals surface area contributed by atoms with Gasteiger partial charge in [-0.15, -0.1) is 0 Å². The van der Waals surface area contributed by atoms with E-state index in [9.17, 15) is 19.6 Å². The summed E-state index contributed by atoms with van der Waals surface area (Å²) >= 11 is 0. The summed E-state index contributed by atoms with van der Waals surface area (Å²) in [6.45, 7) is 3.74. The summed E-state index contributed by atoms with van der Waals surface area (Å²) in [5.74, 6) is -0.573. The lowest BCUT2D eigenvalue weighted by Gasteiger charge is -2.35. The van der Waals surface area contributed by atoms with Gasteiger partial charge in [0.15, 0.2) is 17.4 Å². The van der Waals surface area contributed by atoms with E-state index >= 15 is 0 Å². The molecule has 0 bridgehead atoms. The molecule has 5 N–H and O–H groups in total. The standard InChI is InChI=1S/C26H36N7O9P/c1-16(23(35)40-13-17-7-5-4-6-8-17)31-43(37,32-9-11-39-12-10-32)41-14-18-20(34)26(2,36)24(42-18)33-15-28-19-21(33)29-25(27)30-22(19)38-3/h4-8,15-16,18,20,24,34,36H,9-14H2,1-3H3,(H,31,37)(H2,27,29,30). The van der Waals surface area contributed by atoms with Crippen LogP contribution in [0.5, 0.6) is 5.88 Å². The highest BCUT2D eigenvalue weighted by Crippen LogP contribution is 2.49. The van der Waals surface area contributed by atoms with Gasteiger partial charge in [0.1, 0.15) is 30.5 Å². The average molecular weight is 622 g/mol. The van der Waals surface area contributed by atoms with Crippen LogP contribution in [0, 0.1) is 0 Å². The quantitative estimate of drug-likeness (QED) is 0.171. The van der Waals surface area contributed by atoms with Crippen molar-refractivity contribution in [2.45, 2.75) is 50.5 Å². The number of nitrogens with two attached hydrogens (primary N) is 1. The fourth-order valence-corrected chi connectivity index (χ4v) is 6.98. The largest absolute Gasteiger partial charge is 0.479 e. The molecule has 2 fully saturated rings. The minimum absolute atomic E-state index is 0.0539. The molecule has 0 amide bonds. The Kier molecular flexibility index (Phi) is 9.29. The lowest BCUT2D eigenvalue weighted by atomic mass is 9.96. The van der Waals surface area contributed by atoms with Crippen LogP contribution in [0.1, 0.15) is 25.6 Å². The number of hydrogen-bond donors (Lipinski definition) is 4. The Hall–Kier alpha value is -3.21. The predicted molar refractivity (Wildman–Crippen MR) is 152 cm³/mol. The number of nitrogens with one attached hydrogen (secondary N) is 1. The molecule has 6 atom stereocenters. The summed E-state index contributed by atoms with van der Waals surface area (Å²) in [7, 11) is -2.49. The van der Waals surface area contributed by atoms with E-state index in [1.165, 1.54) is 31.9 Å². The molecule has 5 rings (SSSR count). The SMILES string of the molecule is COc1nc(N)nc2c1ncn2C1OC(COP(=O)(NC(C)C(=O)OCc2ccccc2)N2CCOCC2)C(O)C1(C)O. The van der Waals surface area contributed by atoms with Gasteiger partial charge in [-0.25, -0.2) is 14.7 Å². The third-order valence-corrected chi connectivity index (χ3v) is 9.67. The topological polar surface area (TPSA) is 206 Å². The van der Waals surface area contributed by atoms with Crippen LogP contribution in [0.25, 0.3) is 11.2 Å². The maximum atomic E-state index is 14.2. The number of aliphatic hydroxyl groups excluding tert-OH is 1. The molecular weight excluding hydrogens is 585 g/mol. The fraction of sp³-hybridized carbons (Fsp3) is 0.538. The molecule has 2 saturated heterocycles. The van der Waals surface area contributed by atoms with Crippen LogP contribution in [0.3, 0.4) is 0 Å². The van der Waals surface area contributed by atoms with Gasteiger partial charge in [-0.1, -0.05) is 30.3 Å². The van der Waals surface area contributed by atoms with Crippen LogP contribution in [0.2, 0.25) is 0 Å². The number of nitrogen functional groups attached to an aromatic ring is 1. The lowest BCUT2D eigenvalue weighted by molar-refractivity contribution is -0.146. The summed E-state index contributed by atoms with van der Waals surface area (Å²) in [5.41, 5.74) is 5.28. The zero-order valence-electron chi connectivity index (χ0n) is 24.0. The number of aromatic nitrogens is 4. The highest BCUT2D eigenvalue weighted by molar-refractivity contribution is 7.54. The van der Waals surface area contributed by atoms with Gasteiger partial charge >= 0.3 is 13.6 Å². The molecule has 2 aliphatic heterocycles. The number of rotatable bonds is 11. The fourth-order valence-electron chi connectivity index (χ4n) is 4.94. The Bertz CT molecular complexity index is 1470. The zero-order valence-corrected chi connectivity index (χ0v) is 24.9. The molecule has 2 aromatic heterocycles. The number of carbonyl (C=O) groups is 1. The molecule has 2 aliphatic rings. The number of carbonyl (C=O) groups excluding carboxylic acids is 1. The monoisotopic (exact) mass is 621 g/mol. The zero-order chi connectivity index (χ0) is 30.8. The number of imidazole rings is 1. The maximum absolute atomic E-state index is 14.2. The minimum atomic E-state index is -3.90. The first-order chi connectivity index (χ1) is 20.5. The number of fused-ring (bicyclic) bond motifs is 1. The molecule has 1 aromatic carbocycles. The Morgan fingerprint density at radius 2 is 2.00 bits per heavy atom. The molecule has 16 nitrogen and oxygen atoms in total. The summed E-state index contributed by atoms with van der Waals surface area (Å²) < 4.78 is 45.2. The van der Waals surface area contributed by atoms with Crippen molar-refractivity contribution in [3.8, 4) is 5.88 Å². The van der Waals surface area contributed by atoms with Crippen molar-refractivity contribution in [3.63, 3.8) is 0 Å². The molecule has 17 heteroatoms. The Labute approximate surface area is 247 Å². The van der Waals surface area contributed by atoms with Gasteiger partial charge in [0.2, 0.25) is 11.8 Å². The van der Waals surface area contributed by atoms with E-state index in [4.69, 9.17) is 29.2 Å². The van der Waals surface area contributed by atoms with Crippen molar-refractivity contribution in [2.75, 3.05) is 45.8 Å². The predicted octanol–water partition coefficient (Wildman–Crippen LogP) is 0.605. The van der Waals surface area contributed by atoms with Crippen LogP contribution in [0.4, 0.5) is 5.95 Å². The van der Waals surface area contributed by atoms with E-state index in [0.717, 1.165) is 5.56 Å². The van der Waals surface area contributed by atoms with E-state index in [-0.39, 0.29) is 42.7 Å². The molecule has 234 valence electrons. The molecule has 0 spiro atoms. The molecule has 0 radical (unpaired) electrons. The van der Waals surface area contributed by atoms with E-state index in [1.54, 1.807) is 4.67 Å². The Balaban J connectivity index is 1.31. The molecule has 6 unspecified atom stereocenters. The van der Waals surface area contributed by atoms with Crippen LogP contribution >= 0.6 is 7.67 Å². The first-order valence-electron chi connectivity index (χ1n) is 13.7. The maximum Gasteiger partial charge on any atom is 0.344 e. The average Bonchev–Trinajstić information content (AvgIpc) is 3.52. The third kappa shape index (κ3) is 6.51. The van der Waals surface area contributed by atoms with Crippen LogP contribution in [-0.2, 0) is 34.7 Å². The number of aliphatic hydroxyl groups is 2. The molecule has 43 heavy (non-hydrogen) atoms. The third-order valence-electron chi connectivity index (χ3n) is 7.32. The van der Waals surface area contributed by atoms with Gasteiger partial charge in [-0.3, -0.25) is 13.9 Å². The summed E-state index contributed by atoms with van der Waals surface area (Å²) in [6.07, 6.45) is -2.42. The highest BCUT2D eigenvalue weighted by Gasteiger charge is 2.54. The normalized spacial score (nSPS) is 26.7. The van der Waals surface area contributed by atoms with Gasteiger partial charge < -0.3 is 39.4 Å². The van der Waals surface area contributed by atoms with Crippen LogP contribution in [0.15, 0.2) is 36.7 Å². The van der Waals surface area contributed by atoms with Gasteiger partial charge in [0.05, 0.1) is 33.3 Å². The number of ether oxygens (including phenoxy) is 4. The van der Waals surface area contributed by atoms with Crippen molar-refractivity contribution in [2.24, 2.45) is 0 Å². The number of anilines is 1. The highest BCUT2D eigenvalue weighted by atomic mass is 31.2. The lowest BCUT2D eigenvalue weighted by Crippen LogP contribution is -2.46. The number of nitrogens with zero attached hydrogens (tertiary/aromatic N) is 5. The van der Waals surface area contributed by atoms with Crippen molar-refractivity contribution in [1.29, 1.82) is 0 Å². The molecular formula is C26H36N7O9P. The van der Waals surface area contributed by atoms with E-state index < -0.39 is 50.3 Å². The second kappa shape index (κ2) is 12.8. The Morgan fingerprint density at radius 3 is 2.70 bits per heavy atom. The van der Waals surface area contributed by atoms with Crippen LogP contribution < -0.4 is 15.6 Å². The van der Waals surface area contributed by atoms with Crippen molar-refractivity contribution in [3.05, 3.63) is 42.2 Å². The Morgan fingerprint density at radius 1 is 1.28 bits per heavy atom. The van der Waals surface area contributed by atoms with E-state index in [2.05, 4.69) is 20.0 Å². The van der Waals surface area contributed by atoms with Crippen LogP contribution in [-0.4, -0.2) is 104 Å². The smallest absolute Gasteiger partial charge is 0.344 e. The molecule has 4 heterocycles. The first-order valence-corrected chi connectivity index (χ1v) is 15.3. The minimum Gasteiger partial charge on any atom is -0.479 e. The first kappa shape index (κ1) is 31.2. The second-order valence-corrected chi connectivity index (χ2v) is 12.6. The summed E-state index contributed by atoms with van der Waals surface area (Å²) in [5, 5.41) is 25.2. The van der Waals surface area contributed by atoms with Gasteiger partial charge in [-0.05, 0) is 19.4 Å².